The van der Waals surface area contributed by atoms with E-state index >= 15 is 0 Å². The van der Waals surface area contributed by atoms with Gasteiger partial charge in [0.05, 0.1) is 11.4 Å². The Hall–Kier alpha value is -2.15. The third kappa shape index (κ3) is 2.89. The molecule has 0 unspecified atom stereocenters. The third-order valence-corrected chi connectivity index (χ3v) is 4.40. The number of sulfonamides is 1. The number of nitrogens with zero attached hydrogens (tertiary/aromatic N) is 1. The Morgan fingerprint density at radius 3 is 2.23 bits per heavy atom. The summed E-state index contributed by atoms with van der Waals surface area (Å²) < 4.78 is 22.7. The summed E-state index contributed by atoms with van der Waals surface area (Å²) in [5.74, 6) is 0.731. The van der Waals surface area contributed by atoms with Gasteiger partial charge >= 0.3 is 0 Å². The summed E-state index contributed by atoms with van der Waals surface area (Å²) in [5.41, 5.74) is 2.96. The number of hydrogen-bond acceptors (Lipinski definition) is 4. The predicted molar refractivity (Wildman–Crippen MR) is 84.8 cm³/mol. The van der Waals surface area contributed by atoms with Crippen LogP contribution in [0, 0.1) is 0 Å². The Balaban J connectivity index is 2.04. The van der Waals surface area contributed by atoms with Crippen molar-refractivity contribution in [1.29, 1.82) is 0 Å². The van der Waals surface area contributed by atoms with Crippen molar-refractivity contribution >= 4 is 21.4 Å². The molecule has 1 aliphatic heterocycles. The van der Waals surface area contributed by atoms with Gasteiger partial charge < -0.3 is 4.84 Å². The highest BCUT2D eigenvalue weighted by Crippen LogP contribution is 2.33. The van der Waals surface area contributed by atoms with Gasteiger partial charge in [-0.15, -0.1) is 5.06 Å². The monoisotopic (exact) mass is 316 g/mol. The van der Waals surface area contributed by atoms with E-state index in [1.807, 2.05) is 37.4 Å². The molecule has 0 aromatic heterocycles. The van der Waals surface area contributed by atoms with E-state index in [4.69, 9.17) is 9.98 Å². The maximum atomic E-state index is 11.3. The quantitative estimate of drug-likeness (QED) is 0.941. The van der Waals surface area contributed by atoms with Crippen LogP contribution in [0.5, 0.6) is 0 Å². The lowest BCUT2D eigenvalue weighted by molar-refractivity contribution is -0.0335. The molecule has 0 atom stereocenters. The smallest absolute Gasteiger partial charge is 0.238 e. The van der Waals surface area contributed by atoms with Crippen LogP contribution >= 0.6 is 0 Å². The molecule has 0 saturated carbocycles. The van der Waals surface area contributed by atoms with Crippen molar-refractivity contribution in [2.75, 3.05) is 13.6 Å². The number of hydroxylamine groups is 2. The maximum Gasteiger partial charge on any atom is 0.238 e. The fraction of sp³-hybridized carbons (Fsp3) is 0.125. The van der Waals surface area contributed by atoms with Crippen LogP contribution < -0.4 is 5.14 Å². The summed E-state index contributed by atoms with van der Waals surface area (Å²) in [5, 5.41) is 6.86. The summed E-state index contributed by atoms with van der Waals surface area (Å²) in [4.78, 5) is 5.86. The van der Waals surface area contributed by atoms with Gasteiger partial charge in [-0.1, -0.05) is 30.3 Å². The van der Waals surface area contributed by atoms with E-state index < -0.39 is 10.0 Å². The second-order valence-corrected chi connectivity index (χ2v) is 6.68. The highest BCUT2D eigenvalue weighted by atomic mass is 32.2. The molecule has 1 heterocycles. The highest BCUT2D eigenvalue weighted by Gasteiger charge is 2.24. The molecular weight excluding hydrogens is 300 g/mol. The van der Waals surface area contributed by atoms with E-state index in [0.29, 0.717) is 6.54 Å². The lowest BCUT2D eigenvalue weighted by Crippen LogP contribution is -2.12. The van der Waals surface area contributed by atoms with Crippen LogP contribution in [0.25, 0.3) is 11.3 Å². The van der Waals surface area contributed by atoms with E-state index in [9.17, 15) is 8.42 Å². The molecular formula is C16H16N2O3S. The first-order valence-corrected chi connectivity index (χ1v) is 8.31. The standard InChI is InChI=1S/C16H16N2O3S/c1-18-11-15(12-5-3-2-4-6-12)16(21-18)13-7-9-14(10-8-13)22(17,19)20/h2-10H,11H2,1H3,(H2,17,19,20). The van der Waals surface area contributed by atoms with E-state index in [2.05, 4.69) is 0 Å². The molecule has 0 radical (unpaired) electrons. The lowest BCUT2D eigenvalue weighted by Gasteiger charge is -2.10. The number of benzene rings is 2. The van der Waals surface area contributed by atoms with Gasteiger partial charge in [-0.2, -0.15) is 0 Å². The van der Waals surface area contributed by atoms with Gasteiger partial charge in [0.2, 0.25) is 10.0 Å². The van der Waals surface area contributed by atoms with E-state index in [-0.39, 0.29) is 4.90 Å². The molecule has 2 aromatic rings. The Morgan fingerprint density at radius 2 is 1.64 bits per heavy atom. The maximum absolute atomic E-state index is 11.3. The first kappa shape index (κ1) is 14.8. The Morgan fingerprint density at radius 1 is 1.00 bits per heavy atom. The van der Waals surface area contributed by atoms with Crippen LogP contribution in [-0.2, 0) is 14.9 Å². The topological polar surface area (TPSA) is 72.6 Å². The molecule has 3 rings (SSSR count). The predicted octanol–water partition coefficient (Wildman–Crippen LogP) is 2.08. The van der Waals surface area contributed by atoms with Gasteiger partial charge in [-0.3, -0.25) is 0 Å². The molecule has 22 heavy (non-hydrogen) atoms. The lowest BCUT2D eigenvalue weighted by atomic mass is 10.0. The van der Waals surface area contributed by atoms with Crippen LogP contribution in [-0.4, -0.2) is 27.1 Å². The first-order valence-electron chi connectivity index (χ1n) is 6.76. The van der Waals surface area contributed by atoms with Gasteiger partial charge in [0.15, 0.2) is 5.76 Å². The molecule has 1 aliphatic rings. The summed E-state index contributed by atoms with van der Waals surface area (Å²) in [6, 6.07) is 16.3. The normalized spacial score (nSPS) is 15.9. The second kappa shape index (κ2) is 5.57. The average molecular weight is 316 g/mol. The van der Waals surface area contributed by atoms with Crippen molar-refractivity contribution in [3.8, 4) is 0 Å². The number of likely N-dealkylation sites (N-methyl/N-ethyl adjacent to an activating group) is 1. The van der Waals surface area contributed by atoms with Gasteiger partial charge in [-0.05, 0) is 29.8 Å². The minimum atomic E-state index is -3.69. The molecule has 0 spiro atoms. The zero-order valence-corrected chi connectivity index (χ0v) is 12.9. The van der Waals surface area contributed by atoms with Crippen LogP contribution in [0.1, 0.15) is 11.1 Å². The van der Waals surface area contributed by atoms with Crippen LogP contribution in [0.15, 0.2) is 59.5 Å². The summed E-state index contributed by atoms with van der Waals surface area (Å²) in [6.45, 7) is 0.663. The van der Waals surface area contributed by atoms with Gasteiger partial charge in [0.25, 0.3) is 0 Å². The largest absolute Gasteiger partial charge is 0.405 e. The zero-order chi connectivity index (χ0) is 15.7. The van der Waals surface area contributed by atoms with Gasteiger partial charge in [0, 0.05) is 18.2 Å². The summed E-state index contributed by atoms with van der Waals surface area (Å²) in [6.07, 6.45) is 0. The molecule has 0 amide bonds. The van der Waals surface area contributed by atoms with E-state index in [1.54, 1.807) is 17.2 Å². The van der Waals surface area contributed by atoms with Crippen molar-refractivity contribution in [2.45, 2.75) is 4.90 Å². The van der Waals surface area contributed by atoms with E-state index in [1.165, 1.54) is 12.1 Å². The molecule has 114 valence electrons. The minimum Gasteiger partial charge on any atom is -0.405 e. The average Bonchev–Trinajstić information content (AvgIpc) is 2.89. The zero-order valence-electron chi connectivity index (χ0n) is 12.1. The Bertz CT molecular complexity index is 812. The molecule has 0 bridgehead atoms. The van der Waals surface area contributed by atoms with E-state index in [0.717, 1.165) is 22.5 Å². The molecule has 0 fully saturated rings. The van der Waals surface area contributed by atoms with Crippen molar-refractivity contribution in [3.63, 3.8) is 0 Å². The van der Waals surface area contributed by atoms with Crippen molar-refractivity contribution in [2.24, 2.45) is 5.14 Å². The van der Waals surface area contributed by atoms with Crippen LogP contribution in [0.3, 0.4) is 0 Å². The minimum absolute atomic E-state index is 0.0875. The molecule has 2 aromatic carbocycles. The van der Waals surface area contributed by atoms with Gasteiger partial charge in [-0.25, -0.2) is 13.6 Å². The molecule has 5 nitrogen and oxygen atoms in total. The fourth-order valence-corrected chi connectivity index (χ4v) is 2.94. The SMILES string of the molecule is CN1CC(c2ccccc2)=C(c2ccc(S(N)(=O)=O)cc2)O1. The number of rotatable bonds is 3. The van der Waals surface area contributed by atoms with Crippen LogP contribution in [0.2, 0.25) is 0 Å². The fourth-order valence-electron chi connectivity index (χ4n) is 2.42. The van der Waals surface area contributed by atoms with Gasteiger partial charge in [0.1, 0.15) is 0 Å². The summed E-state index contributed by atoms with van der Waals surface area (Å²) >= 11 is 0. The number of hydrogen-bond donors (Lipinski definition) is 1. The Kier molecular flexibility index (Phi) is 3.74. The Labute approximate surface area is 129 Å². The highest BCUT2D eigenvalue weighted by molar-refractivity contribution is 7.89. The molecule has 0 aliphatic carbocycles. The van der Waals surface area contributed by atoms with Crippen molar-refractivity contribution in [1.82, 2.24) is 5.06 Å². The first-order chi connectivity index (χ1) is 10.4. The number of primary sulfonamides is 1. The van der Waals surface area contributed by atoms with Crippen LogP contribution in [0.4, 0.5) is 0 Å². The third-order valence-electron chi connectivity index (χ3n) is 3.47. The van der Waals surface area contributed by atoms with Crippen molar-refractivity contribution < 1.29 is 13.3 Å². The molecule has 6 heteroatoms. The molecule has 0 saturated heterocycles. The number of nitrogens with two attached hydrogens (primary N) is 1. The summed E-state index contributed by atoms with van der Waals surface area (Å²) in [7, 11) is -1.83. The van der Waals surface area contributed by atoms with Crippen molar-refractivity contribution in [3.05, 3.63) is 65.7 Å². The second-order valence-electron chi connectivity index (χ2n) is 5.12. The molecule has 2 N–H and O–H groups in total.